The van der Waals surface area contributed by atoms with Crippen LogP contribution in [0.3, 0.4) is 0 Å². The van der Waals surface area contributed by atoms with Gasteiger partial charge in [0.25, 0.3) is 0 Å². The third kappa shape index (κ3) is 3.73. The van der Waals surface area contributed by atoms with Gasteiger partial charge < -0.3 is 15.8 Å². The average molecular weight is 276 g/mol. The van der Waals surface area contributed by atoms with Crippen molar-refractivity contribution in [2.75, 3.05) is 6.54 Å². The Morgan fingerprint density at radius 3 is 2.65 bits per heavy atom. The molecule has 20 heavy (non-hydrogen) atoms. The zero-order valence-electron chi connectivity index (χ0n) is 12.5. The molecule has 1 aliphatic carbocycles. The minimum absolute atomic E-state index is 0.123. The van der Waals surface area contributed by atoms with Gasteiger partial charge in [0.1, 0.15) is 5.60 Å². The number of benzene rings is 1. The summed E-state index contributed by atoms with van der Waals surface area (Å²) in [6.45, 7) is 6.19. The van der Waals surface area contributed by atoms with Crippen molar-refractivity contribution in [2.45, 2.75) is 51.2 Å². The van der Waals surface area contributed by atoms with Crippen LogP contribution >= 0.6 is 0 Å². The molecule has 4 heteroatoms. The monoisotopic (exact) mass is 276 g/mol. The largest absolute Gasteiger partial charge is 0.444 e. The topological polar surface area (TPSA) is 64.3 Å². The molecule has 0 bridgehead atoms. The van der Waals surface area contributed by atoms with Crippen molar-refractivity contribution in [1.82, 2.24) is 5.32 Å². The Kier molecular flexibility index (Phi) is 4.33. The molecule has 0 radical (unpaired) electrons. The minimum atomic E-state index is -0.452. The quantitative estimate of drug-likeness (QED) is 0.891. The Labute approximate surface area is 120 Å². The van der Waals surface area contributed by atoms with Gasteiger partial charge in [-0.15, -0.1) is 0 Å². The van der Waals surface area contributed by atoms with Crippen LogP contribution in [0.4, 0.5) is 4.79 Å². The molecule has 2 unspecified atom stereocenters. The molecule has 0 aromatic heterocycles. The van der Waals surface area contributed by atoms with Gasteiger partial charge in [-0.3, -0.25) is 0 Å². The second-order valence-electron chi connectivity index (χ2n) is 6.39. The summed E-state index contributed by atoms with van der Waals surface area (Å²) in [5.74, 6) is 0.427. The number of carbonyl (C=O) groups is 1. The molecule has 2 atom stereocenters. The Morgan fingerprint density at radius 1 is 1.35 bits per heavy atom. The highest BCUT2D eigenvalue weighted by molar-refractivity contribution is 5.67. The van der Waals surface area contributed by atoms with E-state index in [0.717, 1.165) is 12.8 Å². The van der Waals surface area contributed by atoms with Crippen LogP contribution < -0.4 is 11.1 Å². The molecule has 0 fully saturated rings. The van der Waals surface area contributed by atoms with Gasteiger partial charge in [-0.2, -0.15) is 0 Å². The van der Waals surface area contributed by atoms with Crippen LogP contribution in [0, 0.1) is 0 Å². The van der Waals surface area contributed by atoms with Gasteiger partial charge in [-0.25, -0.2) is 4.79 Å². The van der Waals surface area contributed by atoms with Crippen LogP contribution in [0.1, 0.15) is 56.7 Å². The normalized spacial score (nSPS) is 21.4. The van der Waals surface area contributed by atoms with E-state index in [1.807, 2.05) is 32.9 Å². The van der Waals surface area contributed by atoms with Crippen LogP contribution in [-0.2, 0) is 4.74 Å². The Balaban J connectivity index is 1.83. The van der Waals surface area contributed by atoms with Crippen LogP contribution in [-0.4, -0.2) is 18.2 Å². The fourth-order valence-corrected chi connectivity index (χ4v) is 2.72. The molecule has 1 aromatic rings. The maximum Gasteiger partial charge on any atom is 0.407 e. The molecular formula is C16H24N2O2. The third-order valence-corrected chi connectivity index (χ3v) is 3.53. The molecule has 1 aliphatic rings. The highest BCUT2D eigenvalue weighted by Gasteiger charge is 2.27. The fourth-order valence-electron chi connectivity index (χ4n) is 2.72. The number of hydrogen-bond donors (Lipinski definition) is 2. The van der Waals surface area contributed by atoms with E-state index in [2.05, 4.69) is 17.4 Å². The molecule has 0 heterocycles. The van der Waals surface area contributed by atoms with Crippen molar-refractivity contribution in [2.24, 2.45) is 5.73 Å². The van der Waals surface area contributed by atoms with E-state index in [0.29, 0.717) is 12.5 Å². The summed E-state index contributed by atoms with van der Waals surface area (Å²) in [5, 5.41) is 2.81. The van der Waals surface area contributed by atoms with Crippen molar-refractivity contribution in [3.8, 4) is 0 Å². The van der Waals surface area contributed by atoms with Gasteiger partial charge in [0, 0.05) is 12.6 Å². The lowest BCUT2D eigenvalue weighted by molar-refractivity contribution is 0.0526. The number of rotatable bonds is 3. The summed E-state index contributed by atoms with van der Waals surface area (Å²) < 4.78 is 5.22. The maximum absolute atomic E-state index is 11.6. The summed E-state index contributed by atoms with van der Waals surface area (Å²) in [6, 6.07) is 8.44. The molecule has 0 spiro atoms. The van der Waals surface area contributed by atoms with Gasteiger partial charge >= 0.3 is 6.09 Å². The summed E-state index contributed by atoms with van der Waals surface area (Å²) in [7, 11) is 0. The van der Waals surface area contributed by atoms with Crippen LogP contribution in [0.15, 0.2) is 24.3 Å². The molecule has 3 N–H and O–H groups in total. The summed E-state index contributed by atoms with van der Waals surface area (Å²) in [6.07, 6.45) is 1.49. The lowest BCUT2D eigenvalue weighted by atomic mass is 9.98. The molecule has 1 aromatic carbocycles. The maximum atomic E-state index is 11.6. The number of carbonyl (C=O) groups excluding carboxylic acids is 1. The SMILES string of the molecule is CC(C)(C)OC(=O)NCCC1CC(N)c2ccccc21. The third-order valence-electron chi connectivity index (χ3n) is 3.53. The first-order valence-corrected chi connectivity index (χ1v) is 7.18. The predicted molar refractivity (Wildman–Crippen MR) is 79.6 cm³/mol. The molecule has 0 saturated heterocycles. The molecule has 110 valence electrons. The molecule has 1 amide bonds. The highest BCUT2D eigenvalue weighted by Crippen LogP contribution is 2.40. The predicted octanol–water partition coefficient (Wildman–Crippen LogP) is 3.09. The first-order chi connectivity index (χ1) is 9.37. The van der Waals surface area contributed by atoms with Crippen LogP contribution in [0.2, 0.25) is 0 Å². The molecule has 0 aliphatic heterocycles. The van der Waals surface area contributed by atoms with E-state index in [1.165, 1.54) is 11.1 Å². The van der Waals surface area contributed by atoms with E-state index in [-0.39, 0.29) is 12.1 Å². The minimum Gasteiger partial charge on any atom is -0.444 e. The average Bonchev–Trinajstić information content (AvgIpc) is 2.65. The van der Waals surface area contributed by atoms with Gasteiger partial charge in [0.05, 0.1) is 0 Å². The number of ether oxygens (including phenoxy) is 1. The van der Waals surface area contributed by atoms with Crippen molar-refractivity contribution in [1.29, 1.82) is 0 Å². The second kappa shape index (κ2) is 5.83. The molecule has 2 rings (SSSR count). The van der Waals surface area contributed by atoms with E-state index >= 15 is 0 Å². The number of nitrogens with one attached hydrogen (secondary N) is 1. The molecule has 0 saturated carbocycles. The second-order valence-corrected chi connectivity index (χ2v) is 6.39. The van der Waals surface area contributed by atoms with Crippen molar-refractivity contribution >= 4 is 6.09 Å². The highest BCUT2D eigenvalue weighted by atomic mass is 16.6. The fraction of sp³-hybridized carbons (Fsp3) is 0.562. The van der Waals surface area contributed by atoms with Crippen molar-refractivity contribution in [3.05, 3.63) is 35.4 Å². The Hall–Kier alpha value is -1.55. The summed E-state index contributed by atoms with van der Waals surface area (Å²) in [5.41, 5.74) is 8.26. The van der Waals surface area contributed by atoms with Gasteiger partial charge in [-0.1, -0.05) is 24.3 Å². The molecular weight excluding hydrogens is 252 g/mol. The number of hydrogen-bond acceptors (Lipinski definition) is 3. The van der Waals surface area contributed by atoms with Gasteiger partial charge in [0.15, 0.2) is 0 Å². The van der Waals surface area contributed by atoms with Crippen LogP contribution in [0.25, 0.3) is 0 Å². The van der Waals surface area contributed by atoms with Crippen molar-refractivity contribution < 1.29 is 9.53 Å². The standard InChI is InChI=1S/C16H24N2O2/c1-16(2,3)20-15(19)18-9-8-11-10-14(17)13-7-5-4-6-12(11)13/h4-7,11,14H,8-10,17H2,1-3H3,(H,18,19). The molecule has 4 nitrogen and oxygen atoms in total. The lowest BCUT2D eigenvalue weighted by Crippen LogP contribution is -2.33. The van der Waals surface area contributed by atoms with E-state index in [4.69, 9.17) is 10.5 Å². The van der Waals surface area contributed by atoms with E-state index in [1.54, 1.807) is 0 Å². The summed E-state index contributed by atoms with van der Waals surface area (Å²) >= 11 is 0. The van der Waals surface area contributed by atoms with E-state index in [9.17, 15) is 4.79 Å². The zero-order valence-corrected chi connectivity index (χ0v) is 12.5. The number of nitrogens with two attached hydrogens (primary N) is 1. The lowest BCUT2D eigenvalue weighted by Gasteiger charge is -2.20. The van der Waals surface area contributed by atoms with E-state index < -0.39 is 5.60 Å². The van der Waals surface area contributed by atoms with Gasteiger partial charge in [0.2, 0.25) is 0 Å². The number of alkyl carbamates (subject to hydrolysis) is 1. The Bertz CT molecular complexity index is 480. The van der Waals surface area contributed by atoms with Crippen molar-refractivity contribution in [3.63, 3.8) is 0 Å². The summed E-state index contributed by atoms with van der Waals surface area (Å²) in [4.78, 5) is 11.6. The number of amides is 1. The zero-order chi connectivity index (χ0) is 14.8. The van der Waals surface area contributed by atoms with Gasteiger partial charge in [-0.05, 0) is 50.7 Å². The number of fused-ring (bicyclic) bond motifs is 1. The van der Waals surface area contributed by atoms with Crippen LogP contribution in [0.5, 0.6) is 0 Å². The first-order valence-electron chi connectivity index (χ1n) is 7.18. The first kappa shape index (κ1) is 14.9. The smallest absolute Gasteiger partial charge is 0.407 e. The Morgan fingerprint density at radius 2 is 2.00 bits per heavy atom.